The third-order valence-electron chi connectivity index (χ3n) is 6.51. The smallest absolute Gasteiger partial charge is 0.408 e. The van der Waals surface area contributed by atoms with E-state index in [9.17, 15) is 14.4 Å². The Morgan fingerprint density at radius 2 is 1.58 bits per heavy atom. The lowest BCUT2D eigenvalue weighted by Crippen LogP contribution is -2.58. The largest absolute Gasteiger partial charge is 0.444 e. The minimum Gasteiger partial charge on any atom is -0.444 e. The van der Waals surface area contributed by atoms with Crippen LogP contribution in [0.5, 0.6) is 0 Å². The molecule has 0 saturated heterocycles. The van der Waals surface area contributed by atoms with E-state index in [-0.39, 0.29) is 30.3 Å². The Hall–Kier alpha value is -3.35. The number of aryl methyl sites for hydroxylation is 2. The Bertz CT molecular complexity index is 1100. The second-order valence-electron chi connectivity index (χ2n) is 11.7. The highest BCUT2D eigenvalue weighted by Crippen LogP contribution is 2.34. The van der Waals surface area contributed by atoms with Crippen molar-refractivity contribution in [3.63, 3.8) is 0 Å². The molecule has 7 heteroatoms. The van der Waals surface area contributed by atoms with Gasteiger partial charge in [0.2, 0.25) is 11.8 Å². The van der Waals surface area contributed by atoms with Crippen molar-refractivity contribution in [2.45, 2.75) is 104 Å². The number of alkyl carbamates (subject to hydrolysis) is 1. The van der Waals surface area contributed by atoms with Gasteiger partial charge in [0, 0.05) is 18.5 Å². The van der Waals surface area contributed by atoms with Gasteiger partial charge < -0.3 is 20.3 Å². The number of amides is 3. The number of hydrogen-bond acceptors (Lipinski definition) is 4. The molecule has 38 heavy (non-hydrogen) atoms. The van der Waals surface area contributed by atoms with Crippen molar-refractivity contribution >= 4 is 17.9 Å². The van der Waals surface area contributed by atoms with E-state index in [1.807, 2.05) is 70.2 Å². The molecule has 3 rings (SSSR count). The van der Waals surface area contributed by atoms with E-state index in [4.69, 9.17) is 4.74 Å². The minimum absolute atomic E-state index is 0.0887. The zero-order valence-electron chi connectivity index (χ0n) is 23.8. The molecule has 2 atom stereocenters. The molecule has 2 N–H and O–H groups in total. The van der Waals surface area contributed by atoms with Crippen molar-refractivity contribution in [3.8, 4) is 0 Å². The summed E-state index contributed by atoms with van der Waals surface area (Å²) in [6, 6.07) is 13.7. The summed E-state index contributed by atoms with van der Waals surface area (Å²) >= 11 is 0. The van der Waals surface area contributed by atoms with Crippen molar-refractivity contribution in [1.29, 1.82) is 0 Å². The second-order valence-corrected chi connectivity index (χ2v) is 11.7. The highest BCUT2D eigenvalue weighted by molar-refractivity contribution is 5.92. The van der Waals surface area contributed by atoms with Gasteiger partial charge >= 0.3 is 6.09 Å². The molecule has 1 fully saturated rings. The summed E-state index contributed by atoms with van der Waals surface area (Å²) in [5.41, 5.74) is 3.02. The second kappa shape index (κ2) is 12.5. The molecule has 3 amide bonds. The SMILES string of the molecule is Cc1cc(C)cc(C(C(=O)NC(C)C)N(C(=O)C(Cc2ccccc2)NC(=O)OC(C)(C)C)C2CCC2)c1. The number of carbonyl (C=O) groups is 3. The lowest BCUT2D eigenvalue weighted by Gasteiger charge is -2.44. The fraction of sp³-hybridized carbons (Fsp3) is 0.516. The number of rotatable bonds is 9. The molecule has 2 aromatic carbocycles. The first kappa shape index (κ1) is 29.2. The van der Waals surface area contributed by atoms with Crippen LogP contribution < -0.4 is 10.6 Å². The number of ether oxygens (including phenoxy) is 1. The predicted molar refractivity (Wildman–Crippen MR) is 150 cm³/mol. The molecule has 0 spiro atoms. The summed E-state index contributed by atoms with van der Waals surface area (Å²) in [5, 5.41) is 5.86. The number of hydrogen-bond donors (Lipinski definition) is 2. The van der Waals surface area contributed by atoms with Crippen LogP contribution in [-0.4, -0.2) is 46.5 Å². The zero-order valence-corrected chi connectivity index (χ0v) is 23.8. The van der Waals surface area contributed by atoms with Crippen LogP contribution in [0.1, 0.15) is 82.2 Å². The van der Waals surface area contributed by atoms with Gasteiger partial charge in [0.15, 0.2) is 0 Å². The number of carbonyl (C=O) groups excluding carboxylic acids is 3. The van der Waals surface area contributed by atoms with Gasteiger partial charge in [0.05, 0.1) is 0 Å². The first-order valence-corrected chi connectivity index (χ1v) is 13.6. The molecular weight excluding hydrogens is 478 g/mol. The van der Waals surface area contributed by atoms with E-state index in [1.54, 1.807) is 25.7 Å². The van der Waals surface area contributed by atoms with E-state index in [2.05, 4.69) is 16.7 Å². The van der Waals surface area contributed by atoms with Crippen molar-refractivity contribution in [2.75, 3.05) is 0 Å². The zero-order chi connectivity index (χ0) is 28.0. The summed E-state index contributed by atoms with van der Waals surface area (Å²) in [6.45, 7) is 13.2. The van der Waals surface area contributed by atoms with Crippen molar-refractivity contribution in [3.05, 3.63) is 70.8 Å². The molecule has 1 aliphatic carbocycles. The first-order chi connectivity index (χ1) is 17.8. The van der Waals surface area contributed by atoms with Gasteiger partial charge in [-0.25, -0.2) is 4.79 Å². The Morgan fingerprint density at radius 3 is 2.08 bits per heavy atom. The van der Waals surface area contributed by atoms with Crippen LogP contribution in [0.25, 0.3) is 0 Å². The van der Waals surface area contributed by atoms with Gasteiger partial charge in [0.1, 0.15) is 17.7 Å². The van der Waals surface area contributed by atoms with Gasteiger partial charge in [-0.15, -0.1) is 0 Å². The fourth-order valence-corrected chi connectivity index (χ4v) is 4.83. The molecule has 2 unspecified atom stereocenters. The number of benzene rings is 2. The van der Waals surface area contributed by atoms with Gasteiger partial charge in [-0.3, -0.25) is 9.59 Å². The molecule has 1 saturated carbocycles. The van der Waals surface area contributed by atoms with Crippen LogP contribution in [-0.2, 0) is 20.7 Å². The summed E-state index contributed by atoms with van der Waals surface area (Å²) in [4.78, 5) is 42.8. The van der Waals surface area contributed by atoms with E-state index >= 15 is 0 Å². The van der Waals surface area contributed by atoms with Crippen LogP contribution in [0.4, 0.5) is 4.79 Å². The maximum absolute atomic E-state index is 14.4. The quantitative estimate of drug-likeness (QED) is 0.463. The first-order valence-electron chi connectivity index (χ1n) is 13.6. The van der Waals surface area contributed by atoms with Crippen molar-refractivity contribution in [1.82, 2.24) is 15.5 Å². The summed E-state index contributed by atoms with van der Waals surface area (Å²) in [7, 11) is 0. The van der Waals surface area contributed by atoms with Gasteiger partial charge in [-0.2, -0.15) is 0 Å². The highest BCUT2D eigenvalue weighted by Gasteiger charge is 2.42. The lowest BCUT2D eigenvalue weighted by atomic mass is 9.87. The van der Waals surface area contributed by atoms with E-state index in [0.717, 1.165) is 41.5 Å². The average molecular weight is 522 g/mol. The molecule has 0 aliphatic heterocycles. The Labute approximate surface area is 227 Å². The maximum Gasteiger partial charge on any atom is 0.408 e. The molecule has 7 nitrogen and oxygen atoms in total. The summed E-state index contributed by atoms with van der Waals surface area (Å²) in [5.74, 6) is -0.506. The van der Waals surface area contributed by atoms with Crippen LogP contribution in [0.2, 0.25) is 0 Å². The third-order valence-corrected chi connectivity index (χ3v) is 6.51. The van der Waals surface area contributed by atoms with E-state index in [1.165, 1.54) is 0 Å². The van der Waals surface area contributed by atoms with Gasteiger partial charge in [-0.05, 0) is 78.9 Å². The standard InChI is InChI=1S/C31H43N3O4/c1-20(2)32-28(35)27(24-17-21(3)16-22(4)18-24)34(25-14-11-15-25)29(36)26(19-23-12-9-8-10-13-23)33-30(37)38-31(5,6)7/h8-10,12-13,16-18,20,25-27H,11,14-15,19H2,1-7H3,(H,32,35)(H,33,37). The van der Waals surface area contributed by atoms with Gasteiger partial charge in [-0.1, -0.05) is 59.7 Å². The number of nitrogens with one attached hydrogen (secondary N) is 2. The molecule has 0 heterocycles. The molecule has 1 aliphatic rings. The van der Waals surface area contributed by atoms with Crippen LogP contribution >= 0.6 is 0 Å². The monoisotopic (exact) mass is 521 g/mol. The molecule has 206 valence electrons. The normalized spacial score (nSPS) is 15.3. The minimum atomic E-state index is -0.895. The van der Waals surface area contributed by atoms with E-state index < -0.39 is 23.8 Å². The fourth-order valence-electron chi connectivity index (χ4n) is 4.83. The predicted octanol–water partition coefficient (Wildman–Crippen LogP) is 5.39. The number of nitrogens with zero attached hydrogens (tertiary/aromatic N) is 1. The molecule has 2 aromatic rings. The summed E-state index contributed by atoms with van der Waals surface area (Å²) < 4.78 is 5.51. The highest BCUT2D eigenvalue weighted by atomic mass is 16.6. The summed E-state index contributed by atoms with van der Waals surface area (Å²) in [6.07, 6.45) is 2.24. The van der Waals surface area contributed by atoms with Crippen molar-refractivity contribution < 1.29 is 19.1 Å². The lowest BCUT2D eigenvalue weighted by molar-refractivity contribution is -0.147. The molecule has 0 radical (unpaired) electrons. The van der Waals surface area contributed by atoms with Crippen LogP contribution in [0.3, 0.4) is 0 Å². The van der Waals surface area contributed by atoms with Crippen LogP contribution in [0, 0.1) is 13.8 Å². The maximum atomic E-state index is 14.4. The Balaban J connectivity index is 2.06. The topological polar surface area (TPSA) is 87.7 Å². The Kier molecular flexibility index (Phi) is 9.58. The molecular formula is C31H43N3O4. The Morgan fingerprint density at radius 1 is 0.974 bits per heavy atom. The average Bonchev–Trinajstić information content (AvgIpc) is 2.75. The van der Waals surface area contributed by atoms with Gasteiger partial charge in [0.25, 0.3) is 0 Å². The molecule has 0 bridgehead atoms. The van der Waals surface area contributed by atoms with E-state index in [0.29, 0.717) is 0 Å². The third kappa shape index (κ3) is 8.07. The van der Waals surface area contributed by atoms with Crippen molar-refractivity contribution in [2.24, 2.45) is 0 Å². The molecule has 0 aromatic heterocycles. The van der Waals surface area contributed by atoms with Crippen LogP contribution in [0.15, 0.2) is 48.5 Å².